The van der Waals surface area contributed by atoms with E-state index in [0.29, 0.717) is 12.0 Å². The van der Waals surface area contributed by atoms with Gasteiger partial charge in [0.2, 0.25) is 0 Å². The minimum atomic E-state index is 0.443. The van der Waals surface area contributed by atoms with Gasteiger partial charge in [0.15, 0.2) is 5.13 Å². The molecule has 0 bridgehead atoms. The molecule has 1 aromatic rings. The molecular formula is C11H18N2OS. The highest BCUT2D eigenvalue weighted by atomic mass is 32.1. The van der Waals surface area contributed by atoms with Crippen molar-refractivity contribution in [3.05, 3.63) is 11.1 Å². The van der Waals surface area contributed by atoms with Gasteiger partial charge < -0.3 is 10.1 Å². The van der Waals surface area contributed by atoms with Crippen LogP contribution in [0.25, 0.3) is 0 Å². The van der Waals surface area contributed by atoms with Crippen molar-refractivity contribution in [1.82, 2.24) is 4.98 Å². The van der Waals surface area contributed by atoms with E-state index in [1.54, 1.807) is 11.3 Å². The fraction of sp³-hybridized carbons (Fsp3) is 0.727. The molecule has 2 heterocycles. The second-order valence-corrected chi connectivity index (χ2v) is 4.90. The van der Waals surface area contributed by atoms with Gasteiger partial charge in [0.1, 0.15) is 0 Å². The quantitative estimate of drug-likeness (QED) is 0.857. The molecule has 1 fully saturated rings. The Kier molecular flexibility index (Phi) is 3.59. The predicted molar refractivity (Wildman–Crippen MR) is 63.5 cm³/mol. The van der Waals surface area contributed by atoms with Crippen LogP contribution in [-0.2, 0) is 4.74 Å². The minimum absolute atomic E-state index is 0.443. The second-order valence-electron chi connectivity index (χ2n) is 4.04. The van der Waals surface area contributed by atoms with Crippen molar-refractivity contribution in [2.45, 2.75) is 32.8 Å². The van der Waals surface area contributed by atoms with Crippen molar-refractivity contribution < 1.29 is 4.74 Å². The summed E-state index contributed by atoms with van der Waals surface area (Å²) in [5.41, 5.74) is 1.09. The summed E-state index contributed by atoms with van der Waals surface area (Å²) in [5, 5.41) is 6.51. The largest absolute Gasteiger partial charge is 0.378 e. The van der Waals surface area contributed by atoms with Crippen molar-refractivity contribution in [3.63, 3.8) is 0 Å². The standard InChI is InChI=1S/C11H18N2OS/c1-3-10-9(4-5-14-10)6-12-11-13-8(2)7-15-11/h7,9-10H,3-6H2,1-2H3,(H,12,13). The van der Waals surface area contributed by atoms with Crippen LogP contribution in [0.2, 0.25) is 0 Å². The topological polar surface area (TPSA) is 34.1 Å². The van der Waals surface area contributed by atoms with Gasteiger partial charge in [-0.05, 0) is 19.8 Å². The van der Waals surface area contributed by atoms with E-state index >= 15 is 0 Å². The van der Waals surface area contributed by atoms with Crippen molar-refractivity contribution in [2.24, 2.45) is 5.92 Å². The number of hydrogen-bond donors (Lipinski definition) is 1. The number of rotatable bonds is 4. The van der Waals surface area contributed by atoms with E-state index in [0.717, 1.165) is 30.4 Å². The van der Waals surface area contributed by atoms with Gasteiger partial charge >= 0.3 is 0 Å². The lowest BCUT2D eigenvalue weighted by molar-refractivity contribution is 0.0900. The molecule has 0 spiro atoms. The number of hydrogen-bond acceptors (Lipinski definition) is 4. The lowest BCUT2D eigenvalue weighted by Crippen LogP contribution is -2.22. The highest BCUT2D eigenvalue weighted by molar-refractivity contribution is 7.13. The van der Waals surface area contributed by atoms with E-state index in [4.69, 9.17) is 4.74 Å². The van der Waals surface area contributed by atoms with Crippen LogP contribution in [0, 0.1) is 12.8 Å². The monoisotopic (exact) mass is 226 g/mol. The average Bonchev–Trinajstić information content (AvgIpc) is 2.83. The number of aromatic nitrogens is 1. The maximum Gasteiger partial charge on any atom is 0.182 e. The zero-order valence-electron chi connectivity index (χ0n) is 9.32. The summed E-state index contributed by atoms with van der Waals surface area (Å²) in [7, 11) is 0. The third kappa shape index (κ3) is 2.69. The van der Waals surface area contributed by atoms with Gasteiger partial charge in [-0.2, -0.15) is 0 Å². The maximum atomic E-state index is 5.65. The lowest BCUT2D eigenvalue weighted by atomic mass is 10.00. The molecule has 0 radical (unpaired) electrons. The number of aryl methyl sites for hydroxylation is 1. The molecule has 2 atom stereocenters. The molecule has 1 aromatic heterocycles. The Bertz CT molecular complexity index is 313. The Morgan fingerprint density at radius 3 is 3.20 bits per heavy atom. The summed E-state index contributed by atoms with van der Waals surface area (Å²) >= 11 is 1.68. The summed E-state index contributed by atoms with van der Waals surface area (Å²) in [6, 6.07) is 0. The Morgan fingerprint density at radius 2 is 2.53 bits per heavy atom. The fourth-order valence-electron chi connectivity index (χ4n) is 2.03. The van der Waals surface area contributed by atoms with Gasteiger partial charge in [-0.15, -0.1) is 11.3 Å². The minimum Gasteiger partial charge on any atom is -0.378 e. The highest BCUT2D eigenvalue weighted by Gasteiger charge is 2.26. The Balaban J connectivity index is 1.82. The van der Waals surface area contributed by atoms with Crippen LogP contribution in [0.4, 0.5) is 5.13 Å². The molecule has 84 valence electrons. The van der Waals surface area contributed by atoms with Gasteiger partial charge in [0.25, 0.3) is 0 Å². The summed E-state index contributed by atoms with van der Waals surface area (Å²) in [6.07, 6.45) is 2.73. The van der Waals surface area contributed by atoms with E-state index < -0.39 is 0 Å². The Labute approximate surface area is 94.9 Å². The molecule has 0 aliphatic carbocycles. The molecule has 3 nitrogen and oxygen atoms in total. The van der Waals surface area contributed by atoms with Crippen LogP contribution >= 0.6 is 11.3 Å². The zero-order valence-corrected chi connectivity index (χ0v) is 10.1. The molecule has 1 N–H and O–H groups in total. The molecule has 1 aliphatic rings. The highest BCUT2D eigenvalue weighted by Crippen LogP contribution is 2.24. The predicted octanol–water partition coefficient (Wildman–Crippen LogP) is 2.68. The van der Waals surface area contributed by atoms with Crippen molar-refractivity contribution in [3.8, 4) is 0 Å². The molecule has 15 heavy (non-hydrogen) atoms. The number of thiazole rings is 1. The van der Waals surface area contributed by atoms with Gasteiger partial charge in [0.05, 0.1) is 11.8 Å². The van der Waals surface area contributed by atoms with E-state index in [2.05, 4.69) is 22.6 Å². The van der Waals surface area contributed by atoms with Gasteiger partial charge in [-0.3, -0.25) is 0 Å². The lowest BCUT2D eigenvalue weighted by Gasteiger charge is -2.16. The first-order valence-electron chi connectivity index (χ1n) is 5.57. The van der Waals surface area contributed by atoms with Crippen LogP contribution in [0.1, 0.15) is 25.5 Å². The third-order valence-electron chi connectivity index (χ3n) is 2.88. The molecule has 0 amide bonds. The third-order valence-corrected chi connectivity index (χ3v) is 3.80. The van der Waals surface area contributed by atoms with Crippen LogP contribution in [0.5, 0.6) is 0 Å². The molecule has 1 aliphatic heterocycles. The number of anilines is 1. The first-order chi connectivity index (χ1) is 7.29. The second kappa shape index (κ2) is 4.94. The van der Waals surface area contributed by atoms with E-state index in [9.17, 15) is 0 Å². The average molecular weight is 226 g/mol. The fourth-order valence-corrected chi connectivity index (χ4v) is 2.73. The van der Waals surface area contributed by atoms with Crippen LogP contribution < -0.4 is 5.32 Å². The molecular weight excluding hydrogens is 208 g/mol. The molecule has 0 aromatic carbocycles. The number of nitrogens with zero attached hydrogens (tertiary/aromatic N) is 1. The zero-order chi connectivity index (χ0) is 10.7. The van der Waals surface area contributed by atoms with Crippen LogP contribution in [-0.4, -0.2) is 24.2 Å². The van der Waals surface area contributed by atoms with E-state index in [1.165, 1.54) is 6.42 Å². The maximum absolute atomic E-state index is 5.65. The van der Waals surface area contributed by atoms with Crippen molar-refractivity contribution in [2.75, 3.05) is 18.5 Å². The smallest absolute Gasteiger partial charge is 0.182 e. The molecule has 4 heteroatoms. The van der Waals surface area contributed by atoms with E-state index in [1.807, 2.05) is 6.92 Å². The normalized spacial score (nSPS) is 25.7. The first-order valence-corrected chi connectivity index (χ1v) is 6.45. The summed E-state index contributed by atoms with van der Waals surface area (Å²) in [5.74, 6) is 0.652. The van der Waals surface area contributed by atoms with Gasteiger partial charge in [0, 0.05) is 24.4 Å². The summed E-state index contributed by atoms with van der Waals surface area (Å²) in [6.45, 7) is 6.12. The number of ether oxygens (including phenoxy) is 1. The van der Waals surface area contributed by atoms with Gasteiger partial charge in [-0.25, -0.2) is 4.98 Å². The first kappa shape index (κ1) is 10.9. The Morgan fingerprint density at radius 1 is 1.67 bits per heavy atom. The Hall–Kier alpha value is -0.610. The molecule has 2 unspecified atom stereocenters. The molecule has 1 saturated heterocycles. The van der Waals surface area contributed by atoms with Crippen molar-refractivity contribution in [1.29, 1.82) is 0 Å². The van der Waals surface area contributed by atoms with Gasteiger partial charge in [-0.1, -0.05) is 6.92 Å². The van der Waals surface area contributed by atoms with Crippen molar-refractivity contribution >= 4 is 16.5 Å². The molecule has 0 saturated carbocycles. The van der Waals surface area contributed by atoms with Crippen LogP contribution in [0.15, 0.2) is 5.38 Å². The SMILES string of the molecule is CCC1OCCC1CNc1nc(C)cs1. The molecule has 2 rings (SSSR count). The summed E-state index contributed by atoms with van der Waals surface area (Å²) in [4.78, 5) is 4.39. The van der Waals surface area contributed by atoms with Crippen LogP contribution in [0.3, 0.4) is 0 Å². The summed E-state index contributed by atoms with van der Waals surface area (Å²) < 4.78 is 5.65. The van der Waals surface area contributed by atoms with E-state index in [-0.39, 0.29) is 0 Å². The number of nitrogens with one attached hydrogen (secondary N) is 1.